The highest BCUT2D eigenvalue weighted by Crippen LogP contribution is 2.10. The summed E-state index contributed by atoms with van der Waals surface area (Å²) in [6.07, 6.45) is 4.74. The van der Waals surface area contributed by atoms with Gasteiger partial charge >= 0.3 is 0 Å². The molecule has 0 amide bonds. The maximum Gasteiger partial charge on any atom is 0.213 e. The number of aromatic nitrogens is 1. The Kier molecular flexibility index (Phi) is 5.55. The molecule has 0 aliphatic heterocycles. The van der Waals surface area contributed by atoms with Crippen molar-refractivity contribution >= 4 is 5.69 Å². The molecule has 0 spiro atoms. The topological polar surface area (TPSA) is 54.4 Å². The lowest BCUT2D eigenvalue weighted by atomic mass is 10.2. The van der Waals surface area contributed by atoms with Gasteiger partial charge in [-0.25, -0.2) is 4.98 Å². The van der Waals surface area contributed by atoms with Crippen LogP contribution in [0, 0.1) is 0 Å². The molecular formula is C11H18N2O2. The average Bonchev–Trinajstić information content (AvgIpc) is 2.30. The van der Waals surface area contributed by atoms with Gasteiger partial charge in [-0.1, -0.05) is 0 Å². The van der Waals surface area contributed by atoms with E-state index in [1.807, 2.05) is 12.1 Å². The molecule has 1 heterocycles. The molecule has 0 aromatic carbocycles. The number of aliphatic hydroxyl groups is 1. The second-order valence-electron chi connectivity index (χ2n) is 3.30. The van der Waals surface area contributed by atoms with Crippen LogP contribution in [0.3, 0.4) is 0 Å². The Balaban J connectivity index is 2.20. The number of methoxy groups -OCH3 is 1. The number of ether oxygens (including phenoxy) is 1. The van der Waals surface area contributed by atoms with E-state index >= 15 is 0 Å². The molecule has 1 aromatic rings. The van der Waals surface area contributed by atoms with Crippen LogP contribution in [0.25, 0.3) is 0 Å². The highest BCUT2D eigenvalue weighted by molar-refractivity contribution is 5.41. The van der Waals surface area contributed by atoms with Crippen LogP contribution in [0.1, 0.15) is 19.3 Å². The molecule has 0 fully saturated rings. The van der Waals surface area contributed by atoms with Gasteiger partial charge in [-0.3, -0.25) is 0 Å². The first kappa shape index (κ1) is 11.8. The van der Waals surface area contributed by atoms with Crippen LogP contribution in [0.2, 0.25) is 0 Å². The van der Waals surface area contributed by atoms with Gasteiger partial charge in [-0.05, 0) is 25.3 Å². The zero-order valence-corrected chi connectivity index (χ0v) is 9.07. The average molecular weight is 210 g/mol. The van der Waals surface area contributed by atoms with E-state index in [0.717, 1.165) is 31.5 Å². The molecule has 0 saturated carbocycles. The van der Waals surface area contributed by atoms with Gasteiger partial charge < -0.3 is 15.2 Å². The van der Waals surface area contributed by atoms with Gasteiger partial charge in [0.05, 0.1) is 19.0 Å². The van der Waals surface area contributed by atoms with E-state index in [9.17, 15) is 0 Å². The number of anilines is 1. The van der Waals surface area contributed by atoms with Gasteiger partial charge in [0, 0.05) is 19.2 Å². The summed E-state index contributed by atoms with van der Waals surface area (Å²) in [5.74, 6) is 0.626. The lowest BCUT2D eigenvalue weighted by molar-refractivity contribution is 0.283. The standard InChI is InChI=1S/C11H18N2O2/c1-15-11-6-5-10(9-13-11)12-7-3-2-4-8-14/h5-6,9,12,14H,2-4,7-8H2,1H3. The van der Waals surface area contributed by atoms with Crippen molar-refractivity contribution < 1.29 is 9.84 Å². The predicted molar refractivity (Wildman–Crippen MR) is 60.2 cm³/mol. The Labute approximate surface area is 90.3 Å². The molecule has 0 saturated heterocycles. The second-order valence-corrected chi connectivity index (χ2v) is 3.30. The third kappa shape index (κ3) is 4.65. The summed E-state index contributed by atoms with van der Waals surface area (Å²) in [4.78, 5) is 4.09. The van der Waals surface area contributed by atoms with Crippen LogP contribution in [-0.4, -0.2) is 30.4 Å². The molecule has 0 aliphatic carbocycles. The summed E-state index contributed by atoms with van der Waals surface area (Å²) in [7, 11) is 1.60. The van der Waals surface area contributed by atoms with Crippen molar-refractivity contribution in [3.8, 4) is 5.88 Å². The summed E-state index contributed by atoms with van der Waals surface area (Å²) in [6.45, 7) is 1.19. The Morgan fingerprint density at radius 2 is 2.20 bits per heavy atom. The van der Waals surface area contributed by atoms with E-state index in [-0.39, 0.29) is 6.61 Å². The molecule has 0 bridgehead atoms. The maximum atomic E-state index is 8.60. The number of nitrogens with one attached hydrogen (secondary N) is 1. The third-order valence-electron chi connectivity index (χ3n) is 2.11. The summed E-state index contributed by atoms with van der Waals surface area (Å²) in [5.41, 5.74) is 1.000. The van der Waals surface area contributed by atoms with Crippen molar-refractivity contribution in [3.05, 3.63) is 18.3 Å². The minimum absolute atomic E-state index is 0.282. The molecule has 0 atom stereocenters. The lowest BCUT2D eigenvalue weighted by Gasteiger charge is -2.05. The van der Waals surface area contributed by atoms with Crippen LogP contribution in [0.15, 0.2) is 18.3 Å². The van der Waals surface area contributed by atoms with Crippen molar-refractivity contribution in [1.29, 1.82) is 0 Å². The first-order valence-electron chi connectivity index (χ1n) is 5.21. The number of unbranched alkanes of at least 4 members (excludes halogenated alkanes) is 2. The fourth-order valence-corrected chi connectivity index (χ4v) is 1.25. The number of rotatable bonds is 7. The summed E-state index contributed by atoms with van der Waals surface area (Å²) in [6, 6.07) is 3.77. The van der Waals surface area contributed by atoms with Gasteiger partial charge in [0.25, 0.3) is 0 Å². The van der Waals surface area contributed by atoms with Gasteiger partial charge in [0.15, 0.2) is 0 Å². The van der Waals surface area contributed by atoms with E-state index in [2.05, 4.69) is 10.3 Å². The second kappa shape index (κ2) is 7.06. The molecule has 4 heteroatoms. The van der Waals surface area contributed by atoms with Gasteiger partial charge in [-0.15, -0.1) is 0 Å². The minimum Gasteiger partial charge on any atom is -0.481 e. The zero-order valence-electron chi connectivity index (χ0n) is 9.07. The SMILES string of the molecule is COc1ccc(NCCCCCO)cn1. The molecule has 0 aliphatic rings. The molecule has 1 rings (SSSR count). The summed E-state index contributed by atoms with van der Waals surface area (Å²) >= 11 is 0. The number of aliphatic hydroxyl groups excluding tert-OH is 1. The van der Waals surface area contributed by atoms with E-state index in [0.29, 0.717) is 5.88 Å². The quantitative estimate of drug-likeness (QED) is 0.672. The van der Waals surface area contributed by atoms with Crippen molar-refractivity contribution in [2.24, 2.45) is 0 Å². The highest BCUT2D eigenvalue weighted by Gasteiger charge is 1.94. The molecule has 2 N–H and O–H groups in total. The molecular weight excluding hydrogens is 192 g/mol. The van der Waals surface area contributed by atoms with Crippen molar-refractivity contribution in [2.45, 2.75) is 19.3 Å². The lowest BCUT2D eigenvalue weighted by Crippen LogP contribution is -2.02. The third-order valence-corrected chi connectivity index (χ3v) is 2.11. The first-order chi connectivity index (χ1) is 7.36. The van der Waals surface area contributed by atoms with Gasteiger partial charge in [-0.2, -0.15) is 0 Å². The van der Waals surface area contributed by atoms with Gasteiger partial charge in [0.1, 0.15) is 0 Å². The van der Waals surface area contributed by atoms with Crippen LogP contribution < -0.4 is 10.1 Å². The van der Waals surface area contributed by atoms with E-state index < -0.39 is 0 Å². The summed E-state index contributed by atoms with van der Waals surface area (Å²) in [5, 5.41) is 11.9. The molecule has 84 valence electrons. The fourth-order valence-electron chi connectivity index (χ4n) is 1.25. The van der Waals surface area contributed by atoms with Crippen molar-refractivity contribution in [2.75, 3.05) is 25.6 Å². The smallest absolute Gasteiger partial charge is 0.213 e. The Morgan fingerprint density at radius 1 is 1.33 bits per heavy atom. The number of hydrogen-bond acceptors (Lipinski definition) is 4. The predicted octanol–water partition coefficient (Wildman–Crippen LogP) is 1.66. The fraction of sp³-hybridized carbons (Fsp3) is 0.545. The first-order valence-corrected chi connectivity index (χ1v) is 5.21. The van der Waals surface area contributed by atoms with Crippen LogP contribution in [0.4, 0.5) is 5.69 Å². The Hall–Kier alpha value is -1.29. The molecule has 4 nitrogen and oxygen atoms in total. The van der Waals surface area contributed by atoms with Gasteiger partial charge in [0.2, 0.25) is 5.88 Å². The van der Waals surface area contributed by atoms with Crippen LogP contribution in [-0.2, 0) is 0 Å². The number of nitrogens with zero attached hydrogens (tertiary/aromatic N) is 1. The largest absolute Gasteiger partial charge is 0.481 e. The zero-order chi connectivity index (χ0) is 10.9. The van der Waals surface area contributed by atoms with E-state index in [4.69, 9.17) is 9.84 Å². The Bertz CT molecular complexity index is 262. The van der Waals surface area contributed by atoms with Crippen molar-refractivity contribution in [1.82, 2.24) is 4.98 Å². The molecule has 0 unspecified atom stereocenters. The molecule has 15 heavy (non-hydrogen) atoms. The monoisotopic (exact) mass is 210 g/mol. The highest BCUT2D eigenvalue weighted by atomic mass is 16.5. The maximum absolute atomic E-state index is 8.60. The van der Waals surface area contributed by atoms with E-state index in [1.54, 1.807) is 13.3 Å². The summed E-state index contributed by atoms with van der Waals surface area (Å²) < 4.78 is 4.96. The van der Waals surface area contributed by atoms with Crippen molar-refractivity contribution in [3.63, 3.8) is 0 Å². The number of pyridine rings is 1. The Morgan fingerprint density at radius 3 is 2.80 bits per heavy atom. The molecule has 1 aromatic heterocycles. The van der Waals surface area contributed by atoms with Crippen LogP contribution >= 0.6 is 0 Å². The minimum atomic E-state index is 0.282. The van der Waals surface area contributed by atoms with Crippen LogP contribution in [0.5, 0.6) is 5.88 Å². The van der Waals surface area contributed by atoms with E-state index in [1.165, 1.54) is 0 Å². The normalized spacial score (nSPS) is 10.0. The molecule has 0 radical (unpaired) electrons. The number of hydrogen-bond donors (Lipinski definition) is 2.